The highest BCUT2D eigenvalue weighted by Gasteiger charge is 2.25. The van der Waals surface area contributed by atoms with E-state index < -0.39 is 0 Å². The lowest BCUT2D eigenvalue weighted by molar-refractivity contribution is -0.122. The molecule has 36 heavy (non-hydrogen) atoms. The number of nitrogens with one attached hydrogen (secondary N) is 3. The van der Waals surface area contributed by atoms with Crippen molar-refractivity contribution < 1.29 is 9.21 Å². The van der Waals surface area contributed by atoms with Gasteiger partial charge >= 0.3 is 0 Å². The Kier molecular flexibility index (Phi) is 4.63. The molecule has 1 aliphatic rings. The maximum Gasteiger partial charge on any atom is 0.227 e. The summed E-state index contributed by atoms with van der Waals surface area (Å²) < 4.78 is 5.25. The predicted molar refractivity (Wildman–Crippen MR) is 134 cm³/mol. The standard InChI is InChI=1S/C26H20N8O2/c35-26(14-2-1-3-14)30-18-8-16(10-27-12-18)17-9-20-22(33-34-23(20)29-11-17)25-31-21-19(15-5-7-36-13-15)4-6-28-24(21)32-25/h4-14H,1-3H2,(H,30,35)(H,28,31,32)(H,29,33,34). The van der Waals surface area contributed by atoms with Gasteiger partial charge in [-0.05, 0) is 37.1 Å². The van der Waals surface area contributed by atoms with Gasteiger partial charge in [-0.25, -0.2) is 15.0 Å². The summed E-state index contributed by atoms with van der Waals surface area (Å²) in [5.41, 5.74) is 6.87. The molecule has 0 radical (unpaired) electrons. The van der Waals surface area contributed by atoms with Crippen LogP contribution in [0.1, 0.15) is 19.3 Å². The van der Waals surface area contributed by atoms with Crippen molar-refractivity contribution in [1.82, 2.24) is 35.1 Å². The summed E-state index contributed by atoms with van der Waals surface area (Å²) in [4.78, 5) is 33.8. The van der Waals surface area contributed by atoms with Crippen molar-refractivity contribution in [3.05, 3.63) is 61.6 Å². The normalized spacial score (nSPS) is 13.8. The van der Waals surface area contributed by atoms with Crippen molar-refractivity contribution in [2.45, 2.75) is 19.3 Å². The molecule has 7 rings (SSSR count). The second-order valence-corrected chi connectivity index (χ2v) is 8.92. The minimum absolute atomic E-state index is 0.0548. The van der Waals surface area contributed by atoms with Crippen LogP contribution in [0.2, 0.25) is 0 Å². The first-order valence-corrected chi connectivity index (χ1v) is 11.7. The molecule has 0 bridgehead atoms. The number of pyridine rings is 3. The van der Waals surface area contributed by atoms with Gasteiger partial charge in [-0.1, -0.05) is 6.42 Å². The lowest BCUT2D eigenvalue weighted by Gasteiger charge is -2.24. The summed E-state index contributed by atoms with van der Waals surface area (Å²) in [6.07, 6.45) is 13.2. The molecule has 1 aliphatic carbocycles. The summed E-state index contributed by atoms with van der Waals surface area (Å²) in [6.45, 7) is 0. The first kappa shape index (κ1) is 20.5. The molecule has 6 aromatic heterocycles. The molecule has 0 spiro atoms. The van der Waals surface area contributed by atoms with Gasteiger partial charge in [0.1, 0.15) is 11.2 Å². The van der Waals surface area contributed by atoms with Crippen LogP contribution in [0, 0.1) is 5.92 Å². The Morgan fingerprint density at radius 2 is 1.94 bits per heavy atom. The van der Waals surface area contributed by atoms with Gasteiger partial charge in [-0.3, -0.25) is 14.9 Å². The average molecular weight is 477 g/mol. The maximum atomic E-state index is 12.4. The van der Waals surface area contributed by atoms with Crippen LogP contribution in [0.4, 0.5) is 5.69 Å². The number of nitrogens with zero attached hydrogens (tertiary/aromatic N) is 5. The fourth-order valence-corrected chi connectivity index (χ4v) is 4.50. The van der Waals surface area contributed by atoms with Crippen molar-refractivity contribution in [3.8, 4) is 33.8 Å². The van der Waals surface area contributed by atoms with E-state index in [4.69, 9.17) is 9.40 Å². The van der Waals surface area contributed by atoms with Gasteiger partial charge in [-0.2, -0.15) is 5.10 Å². The Hall–Kier alpha value is -4.86. The number of hydrogen-bond acceptors (Lipinski definition) is 7. The van der Waals surface area contributed by atoms with E-state index in [-0.39, 0.29) is 11.8 Å². The highest BCUT2D eigenvalue weighted by Crippen LogP contribution is 2.32. The lowest BCUT2D eigenvalue weighted by atomic mass is 9.85. The molecule has 1 amide bonds. The van der Waals surface area contributed by atoms with Crippen LogP contribution in [0.15, 0.2) is 66.0 Å². The van der Waals surface area contributed by atoms with E-state index in [9.17, 15) is 4.79 Å². The molecule has 0 aliphatic heterocycles. The van der Waals surface area contributed by atoms with E-state index in [1.54, 1.807) is 37.3 Å². The number of carbonyl (C=O) groups is 1. The molecule has 0 aromatic carbocycles. The lowest BCUT2D eigenvalue weighted by Crippen LogP contribution is -2.28. The van der Waals surface area contributed by atoms with Gasteiger partial charge in [0, 0.05) is 46.8 Å². The summed E-state index contributed by atoms with van der Waals surface area (Å²) in [5, 5.41) is 11.3. The Morgan fingerprint density at radius 1 is 1.03 bits per heavy atom. The second-order valence-electron chi connectivity index (χ2n) is 8.92. The van der Waals surface area contributed by atoms with E-state index in [2.05, 4.69) is 35.5 Å². The van der Waals surface area contributed by atoms with Crippen molar-refractivity contribution in [3.63, 3.8) is 0 Å². The third-order valence-electron chi connectivity index (χ3n) is 6.67. The first-order chi connectivity index (χ1) is 17.7. The van der Waals surface area contributed by atoms with E-state index in [1.165, 1.54) is 0 Å². The number of aromatic nitrogens is 7. The van der Waals surface area contributed by atoms with Crippen molar-refractivity contribution in [2.24, 2.45) is 5.92 Å². The monoisotopic (exact) mass is 476 g/mol. The highest BCUT2D eigenvalue weighted by molar-refractivity contribution is 5.96. The molecule has 10 nitrogen and oxygen atoms in total. The molecule has 176 valence electrons. The van der Waals surface area contributed by atoms with Crippen molar-refractivity contribution >= 4 is 33.8 Å². The van der Waals surface area contributed by atoms with Crippen LogP contribution in [0.5, 0.6) is 0 Å². The number of H-pyrrole nitrogens is 2. The number of carbonyl (C=O) groups excluding carboxylic acids is 1. The van der Waals surface area contributed by atoms with Gasteiger partial charge < -0.3 is 14.7 Å². The molecular formula is C26H20N8O2. The Morgan fingerprint density at radius 3 is 2.78 bits per heavy atom. The van der Waals surface area contributed by atoms with Gasteiger partial charge in [0.2, 0.25) is 5.91 Å². The molecule has 6 aromatic rings. The summed E-state index contributed by atoms with van der Waals surface area (Å²) in [5.74, 6) is 0.741. The average Bonchev–Trinajstić information content (AvgIpc) is 3.61. The fourth-order valence-electron chi connectivity index (χ4n) is 4.50. The van der Waals surface area contributed by atoms with Gasteiger partial charge in [-0.15, -0.1) is 0 Å². The predicted octanol–water partition coefficient (Wildman–Crippen LogP) is 4.96. The largest absolute Gasteiger partial charge is 0.472 e. The van der Waals surface area contributed by atoms with E-state index in [1.807, 2.05) is 24.3 Å². The first-order valence-electron chi connectivity index (χ1n) is 11.7. The van der Waals surface area contributed by atoms with E-state index in [0.29, 0.717) is 28.5 Å². The fraction of sp³-hybridized carbons (Fsp3) is 0.154. The zero-order chi connectivity index (χ0) is 24.1. The van der Waals surface area contributed by atoms with Crippen LogP contribution in [0.3, 0.4) is 0 Å². The Balaban J connectivity index is 1.26. The third kappa shape index (κ3) is 3.42. The highest BCUT2D eigenvalue weighted by atomic mass is 16.3. The smallest absolute Gasteiger partial charge is 0.227 e. The molecule has 3 N–H and O–H groups in total. The van der Waals surface area contributed by atoms with Gasteiger partial charge in [0.15, 0.2) is 17.1 Å². The minimum atomic E-state index is 0.0548. The quantitative estimate of drug-likeness (QED) is 0.320. The summed E-state index contributed by atoms with van der Waals surface area (Å²) in [6, 6.07) is 7.70. The number of aromatic amines is 2. The third-order valence-corrected chi connectivity index (χ3v) is 6.67. The number of imidazole rings is 1. The van der Waals surface area contributed by atoms with Gasteiger partial charge in [0.25, 0.3) is 0 Å². The minimum Gasteiger partial charge on any atom is -0.472 e. The molecular weight excluding hydrogens is 456 g/mol. The van der Waals surface area contributed by atoms with Crippen LogP contribution >= 0.6 is 0 Å². The number of amides is 1. The molecule has 6 heterocycles. The van der Waals surface area contributed by atoms with Crippen LogP contribution in [-0.4, -0.2) is 41.0 Å². The Labute approximate surface area is 204 Å². The number of furan rings is 1. The number of fused-ring (bicyclic) bond motifs is 2. The number of anilines is 1. The molecule has 0 saturated heterocycles. The van der Waals surface area contributed by atoms with E-state index >= 15 is 0 Å². The zero-order valence-electron chi connectivity index (χ0n) is 19.0. The van der Waals surface area contributed by atoms with Crippen molar-refractivity contribution in [1.29, 1.82) is 0 Å². The van der Waals surface area contributed by atoms with Crippen LogP contribution < -0.4 is 5.32 Å². The number of hydrogen-bond donors (Lipinski definition) is 3. The SMILES string of the molecule is O=C(Nc1cncc(-c2cnc3[nH]nc(-c4nc5c(-c6ccoc6)ccnc5[nH]4)c3c2)c1)C1CCC1. The topological polar surface area (TPSA) is 138 Å². The number of rotatable bonds is 5. The molecule has 1 fully saturated rings. The molecule has 1 saturated carbocycles. The Bertz CT molecular complexity index is 1730. The molecule has 10 heteroatoms. The molecule has 0 unspecified atom stereocenters. The van der Waals surface area contributed by atoms with Crippen LogP contribution in [0.25, 0.3) is 56.0 Å². The van der Waals surface area contributed by atoms with Crippen LogP contribution in [-0.2, 0) is 4.79 Å². The zero-order valence-corrected chi connectivity index (χ0v) is 19.0. The van der Waals surface area contributed by atoms with Crippen molar-refractivity contribution in [2.75, 3.05) is 5.32 Å². The maximum absolute atomic E-state index is 12.4. The van der Waals surface area contributed by atoms with Gasteiger partial charge in [0.05, 0.1) is 29.8 Å². The second kappa shape index (κ2) is 8.12. The summed E-state index contributed by atoms with van der Waals surface area (Å²) >= 11 is 0. The van der Waals surface area contributed by atoms with E-state index in [0.717, 1.165) is 52.4 Å². The molecule has 0 atom stereocenters. The summed E-state index contributed by atoms with van der Waals surface area (Å²) in [7, 11) is 0.